The smallest absolute Gasteiger partial charge is 0.0547 e. The molecule has 0 spiro atoms. The third-order valence-electron chi connectivity index (χ3n) is 10.5. The van der Waals surface area contributed by atoms with Crippen LogP contribution in [-0.2, 0) is 0 Å². The highest BCUT2D eigenvalue weighted by molar-refractivity contribution is 7.26. The minimum Gasteiger partial charge on any atom is -0.309 e. The molecule has 11 aromatic rings. The van der Waals surface area contributed by atoms with E-state index in [-0.39, 0.29) is 0 Å². The lowest BCUT2D eigenvalue weighted by atomic mass is 9.98. The summed E-state index contributed by atoms with van der Waals surface area (Å²) in [6.45, 7) is 0. The van der Waals surface area contributed by atoms with Crippen molar-refractivity contribution in [2.24, 2.45) is 0 Å². The predicted octanol–water partition coefficient (Wildman–Crippen LogP) is 13.6. The standard InChI is InChI=1S/C48H30N2S/c1-2-12-33(13-3-1)49-42-20-7-4-14-37(42)41-30-32(26-29-44(41)49)35-17-11-22-45-47(35)40-16-5-8-21-43(40)50(45)34-27-24-31(25-28-34)36-18-10-19-39-38-15-6-9-23-46(38)51-48(36)39/h1-30H. The Kier molecular flexibility index (Phi) is 6.16. The van der Waals surface area contributed by atoms with Gasteiger partial charge in [0.15, 0.2) is 0 Å². The molecule has 0 bridgehead atoms. The van der Waals surface area contributed by atoms with Crippen LogP contribution >= 0.6 is 11.3 Å². The van der Waals surface area contributed by atoms with Crippen molar-refractivity contribution in [1.82, 2.24) is 9.13 Å². The van der Waals surface area contributed by atoms with Crippen molar-refractivity contribution >= 4 is 75.1 Å². The largest absolute Gasteiger partial charge is 0.309 e. The summed E-state index contributed by atoms with van der Waals surface area (Å²) in [5.74, 6) is 0. The Morgan fingerprint density at radius 2 is 0.902 bits per heavy atom. The number of aromatic nitrogens is 2. The van der Waals surface area contributed by atoms with E-state index >= 15 is 0 Å². The van der Waals surface area contributed by atoms with Crippen LogP contribution in [0.4, 0.5) is 0 Å². The molecule has 3 heterocycles. The van der Waals surface area contributed by atoms with Gasteiger partial charge in [-0.3, -0.25) is 0 Å². The summed E-state index contributed by atoms with van der Waals surface area (Å²) in [6.07, 6.45) is 0. The van der Waals surface area contributed by atoms with Crippen LogP contribution in [0.1, 0.15) is 0 Å². The van der Waals surface area contributed by atoms with Gasteiger partial charge in [0.1, 0.15) is 0 Å². The van der Waals surface area contributed by atoms with Gasteiger partial charge in [0, 0.05) is 53.1 Å². The first kappa shape index (κ1) is 28.4. The quantitative estimate of drug-likeness (QED) is 0.177. The summed E-state index contributed by atoms with van der Waals surface area (Å²) in [7, 11) is 0. The summed E-state index contributed by atoms with van der Waals surface area (Å²) >= 11 is 1.88. The van der Waals surface area contributed by atoms with E-state index in [4.69, 9.17) is 0 Å². The van der Waals surface area contributed by atoms with Crippen LogP contribution in [0.3, 0.4) is 0 Å². The SMILES string of the molecule is c1ccc(-n2c3ccccc3c3cc(-c4cccc5c4c4ccccc4n5-c4ccc(-c5cccc6c5sc5ccccc56)cc4)ccc32)cc1. The number of hydrogen-bond acceptors (Lipinski definition) is 1. The Morgan fingerprint density at radius 3 is 1.75 bits per heavy atom. The van der Waals surface area contributed by atoms with E-state index < -0.39 is 0 Å². The fraction of sp³-hybridized carbons (Fsp3) is 0. The molecule has 51 heavy (non-hydrogen) atoms. The first-order valence-corrected chi connectivity index (χ1v) is 18.3. The maximum atomic E-state index is 2.43. The molecule has 0 N–H and O–H groups in total. The fourth-order valence-electron chi connectivity index (χ4n) is 8.30. The van der Waals surface area contributed by atoms with Gasteiger partial charge in [-0.1, -0.05) is 121 Å². The van der Waals surface area contributed by atoms with Crippen molar-refractivity contribution in [3.8, 4) is 33.6 Å². The monoisotopic (exact) mass is 666 g/mol. The van der Waals surface area contributed by atoms with Crippen molar-refractivity contribution in [2.75, 3.05) is 0 Å². The summed E-state index contributed by atoms with van der Waals surface area (Å²) in [5, 5.41) is 7.72. The Balaban J connectivity index is 1.08. The molecule has 0 fully saturated rings. The molecule has 0 amide bonds. The second-order valence-corrected chi connectivity index (χ2v) is 14.4. The fourth-order valence-corrected chi connectivity index (χ4v) is 9.54. The molecule has 3 heteroatoms. The molecule has 0 radical (unpaired) electrons. The number of nitrogens with zero attached hydrogens (tertiary/aromatic N) is 2. The lowest BCUT2D eigenvalue weighted by Gasteiger charge is -2.11. The molecule has 11 rings (SSSR count). The van der Waals surface area contributed by atoms with E-state index in [1.54, 1.807) is 0 Å². The van der Waals surface area contributed by atoms with E-state index in [2.05, 4.69) is 191 Å². The van der Waals surface area contributed by atoms with Crippen molar-refractivity contribution in [3.05, 3.63) is 182 Å². The summed E-state index contributed by atoms with van der Waals surface area (Å²) in [4.78, 5) is 0. The lowest BCUT2D eigenvalue weighted by molar-refractivity contribution is 1.18. The molecule has 0 unspecified atom stereocenters. The second kappa shape index (κ2) is 11.0. The lowest BCUT2D eigenvalue weighted by Crippen LogP contribution is -1.94. The Labute approximate surface area is 298 Å². The van der Waals surface area contributed by atoms with Gasteiger partial charge in [-0.25, -0.2) is 0 Å². The molecule has 2 nitrogen and oxygen atoms in total. The van der Waals surface area contributed by atoms with Crippen molar-refractivity contribution < 1.29 is 0 Å². The van der Waals surface area contributed by atoms with Gasteiger partial charge in [0.25, 0.3) is 0 Å². The number of thiophene rings is 1. The zero-order chi connectivity index (χ0) is 33.5. The normalized spacial score (nSPS) is 11.9. The van der Waals surface area contributed by atoms with Gasteiger partial charge in [-0.15, -0.1) is 11.3 Å². The third kappa shape index (κ3) is 4.22. The molecule has 0 saturated carbocycles. The maximum absolute atomic E-state index is 2.43. The van der Waals surface area contributed by atoms with Gasteiger partial charge in [0.2, 0.25) is 0 Å². The molecular weight excluding hydrogens is 637 g/mol. The molecular formula is C48H30N2S. The summed E-state index contributed by atoms with van der Waals surface area (Å²) in [6, 6.07) is 66.6. The van der Waals surface area contributed by atoms with E-state index in [1.165, 1.54) is 91.7 Å². The van der Waals surface area contributed by atoms with Crippen molar-refractivity contribution in [1.29, 1.82) is 0 Å². The molecule has 3 aromatic heterocycles. The van der Waals surface area contributed by atoms with Gasteiger partial charge >= 0.3 is 0 Å². The highest BCUT2D eigenvalue weighted by Crippen LogP contribution is 2.43. The summed E-state index contributed by atoms with van der Waals surface area (Å²) < 4.78 is 7.49. The van der Waals surface area contributed by atoms with E-state index in [0.717, 1.165) is 5.69 Å². The van der Waals surface area contributed by atoms with Crippen molar-refractivity contribution in [2.45, 2.75) is 0 Å². The first-order valence-electron chi connectivity index (χ1n) is 17.4. The molecule has 8 aromatic carbocycles. The minimum atomic E-state index is 1.16. The number of para-hydroxylation sites is 3. The third-order valence-corrected chi connectivity index (χ3v) is 11.8. The molecule has 0 aliphatic heterocycles. The van der Waals surface area contributed by atoms with Gasteiger partial charge in [-0.2, -0.15) is 0 Å². The Bertz CT molecular complexity index is 3120. The van der Waals surface area contributed by atoms with E-state index in [1.807, 2.05) is 11.3 Å². The molecule has 0 atom stereocenters. The van der Waals surface area contributed by atoms with Crippen LogP contribution in [0, 0.1) is 0 Å². The average molecular weight is 667 g/mol. The zero-order valence-electron chi connectivity index (χ0n) is 27.6. The van der Waals surface area contributed by atoms with Crippen LogP contribution < -0.4 is 0 Å². The summed E-state index contributed by atoms with van der Waals surface area (Å²) in [5.41, 5.74) is 12.2. The minimum absolute atomic E-state index is 1.16. The predicted molar refractivity (Wildman–Crippen MR) is 219 cm³/mol. The highest BCUT2D eigenvalue weighted by atomic mass is 32.1. The van der Waals surface area contributed by atoms with Gasteiger partial charge < -0.3 is 9.13 Å². The van der Waals surface area contributed by atoms with E-state index in [0.29, 0.717) is 0 Å². The van der Waals surface area contributed by atoms with Crippen LogP contribution in [0.15, 0.2) is 182 Å². The maximum Gasteiger partial charge on any atom is 0.0547 e. The van der Waals surface area contributed by atoms with Crippen molar-refractivity contribution in [3.63, 3.8) is 0 Å². The topological polar surface area (TPSA) is 9.86 Å². The van der Waals surface area contributed by atoms with E-state index in [9.17, 15) is 0 Å². The van der Waals surface area contributed by atoms with Gasteiger partial charge in [0.05, 0.1) is 22.1 Å². The molecule has 238 valence electrons. The van der Waals surface area contributed by atoms with Crippen LogP contribution in [0.25, 0.3) is 97.4 Å². The van der Waals surface area contributed by atoms with Crippen LogP contribution in [0.2, 0.25) is 0 Å². The van der Waals surface area contributed by atoms with Crippen LogP contribution in [-0.4, -0.2) is 9.13 Å². The number of hydrogen-bond donors (Lipinski definition) is 0. The Morgan fingerprint density at radius 1 is 0.333 bits per heavy atom. The molecule has 0 saturated heterocycles. The number of fused-ring (bicyclic) bond motifs is 9. The number of benzene rings is 8. The number of rotatable bonds is 4. The van der Waals surface area contributed by atoms with Gasteiger partial charge in [-0.05, 0) is 82.9 Å². The first-order chi connectivity index (χ1) is 25.3. The zero-order valence-corrected chi connectivity index (χ0v) is 28.4. The highest BCUT2D eigenvalue weighted by Gasteiger charge is 2.18. The average Bonchev–Trinajstić information content (AvgIpc) is 3.86. The Hall–Kier alpha value is -6.42. The van der Waals surface area contributed by atoms with Crippen LogP contribution in [0.5, 0.6) is 0 Å². The second-order valence-electron chi connectivity index (χ2n) is 13.3. The molecule has 0 aliphatic carbocycles. The molecule has 0 aliphatic rings.